The van der Waals surface area contributed by atoms with E-state index in [0.29, 0.717) is 0 Å². The van der Waals surface area contributed by atoms with Crippen molar-refractivity contribution < 1.29 is 9.53 Å². The molecule has 17 heavy (non-hydrogen) atoms. The van der Waals surface area contributed by atoms with Gasteiger partial charge in [-0.1, -0.05) is 6.07 Å². The molecule has 3 nitrogen and oxygen atoms in total. The molecule has 0 unspecified atom stereocenters. The van der Waals surface area contributed by atoms with Crippen LogP contribution >= 0.6 is 11.8 Å². The van der Waals surface area contributed by atoms with Crippen molar-refractivity contribution in [1.29, 1.82) is 0 Å². The van der Waals surface area contributed by atoms with Crippen LogP contribution in [-0.4, -0.2) is 25.4 Å². The fourth-order valence-corrected chi connectivity index (χ4v) is 2.83. The number of hydrogen-bond donors (Lipinski definition) is 1. The molecule has 0 saturated carbocycles. The van der Waals surface area contributed by atoms with Gasteiger partial charge in [0.15, 0.2) is 0 Å². The summed E-state index contributed by atoms with van der Waals surface area (Å²) in [4.78, 5) is 13.0. The SMILES string of the molecule is COC(=O)C(C)(C)c1ccc2c(c1)SCCN2. The van der Waals surface area contributed by atoms with Crippen LogP contribution in [0.1, 0.15) is 19.4 Å². The number of methoxy groups -OCH3 is 1. The molecular weight excluding hydrogens is 234 g/mol. The van der Waals surface area contributed by atoms with Crippen molar-refractivity contribution >= 4 is 23.4 Å². The summed E-state index contributed by atoms with van der Waals surface area (Å²) in [5.74, 6) is 0.862. The zero-order valence-electron chi connectivity index (χ0n) is 10.4. The first-order valence-corrected chi connectivity index (χ1v) is 6.64. The Morgan fingerprint density at radius 2 is 2.24 bits per heavy atom. The van der Waals surface area contributed by atoms with E-state index < -0.39 is 5.41 Å². The predicted octanol–water partition coefficient (Wildman–Crippen LogP) is 2.65. The minimum absolute atomic E-state index is 0.203. The monoisotopic (exact) mass is 251 g/mol. The first-order valence-electron chi connectivity index (χ1n) is 5.65. The average molecular weight is 251 g/mol. The van der Waals surface area contributed by atoms with Crippen molar-refractivity contribution in [3.8, 4) is 0 Å². The van der Waals surface area contributed by atoms with E-state index in [0.717, 1.165) is 23.5 Å². The fraction of sp³-hybridized carbons (Fsp3) is 0.462. The molecule has 0 saturated heterocycles. The molecule has 0 bridgehead atoms. The molecule has 0 aliphatic carbocycles. The maximum absolute atomic E-state index is 11.8. The van der Waals surface area contributed by atoms with Crippen LogP contribution in [0.25, 0.3) is 0 Å². The van der Waals surface area contributed by atoms with Crippen LogP contribution in [-0.2, 0) is 14.9 Å². The zero-order chi connectivity index (χ0) is 12.5. The summed E-state index contributed by atoms with van der Waals surface area (Å²) in [5.41, 5.74) is 1.56. The second-order valence-corrected chi connectivity index (χ2v) is 5.74. The van der Waals surface area contributed by atoms with Gasteiger partial charge in [-0.3, -0.25) is 4.79 Å². The molecule has 1 heterocycles. The summed E-state index contributed by atoms with van der Waals surface area (Å²) in [6.45, 7) is 4.78. The molecule has 0 amide bonds. The Balaban J connectivity index is 2.36. The van der Waals surface area contributed by atoms with E-state index in [1.807, 2.05) is 37.7 Å². The lowest BCUT2D eigenvalue weighted by atomic mass is 9.84. The Morgan fingerprint density at radius 1 is 1.47 bits per heavy atom. The van der Waals surface area contributed by atoms with Crippen molar-refractivity contribution in [3.05, 3.63) is 23.8 Å². The van der Waals surface area contributed by atoms with Gasteiger partial charge in [0.25, 0.3) is 0 Å². The van der Waals surface area contributed by atoms with Crippen LogP contribution < -0.4 is 5.32 Å². The molecule has 0 fully saturated rings. The topological polar surface area (TPSA) is 38.3 Å². The molecule has 0 atom stereocenters. The van der Waals surface area contributed by atoms with Crippen LogP contribution in [0.2, 0.25) is 0 Å². The van der Waals surface area contributed by atoms with E-state index >= 15 is 0 Å². The van der Waals surface area contributed by atoms with Gasteiger partial charge >= 0.3 is 5.97 Å². The molecule has 2 rings (SSSR count). The summed E-state index contributed by atoms with van der Waals surface area (Å²) < 4.78 is 4.85. The number of fused-ring (bicyclic) bond motifs is 1. The number of ether oxygens (including phenoxy) is 1. The number of hydrogen-bond acceptors (Lipinski definition) is 4. The van der Waals surface area contributed by atoms with Crippen molar-refractivity contribution in [1.82, 2.24) is 0 Å². The Labute approximate surface area is 106 Å². The van der Waals surface area contributed by atoms with Gasteiger partial charge in [-0.05, 0) is 31.5 Å². The van der Waals surface area contributed by atoms with Crippen LogP contribution in [0.3, 0.4) is 0 Å². The minimum atomic E-state index is -0.595. The molecule has 1 aliphatic rings. The molecule has 0 aromatic heterocycles. The zero-order valence-corrected chi connectivity index (χ0v) is 11.2. The lowest BCUT2D eigenvalue weighted by Crippen LogP contribution is -2.30. The van der Waals surface area contributed by atoms with Gasteiger partial charge in [0.2, 0.25) is 0 Å². The lowest BCUT2D eigenvalue weighted by Gasteiger charge is -2.25. The third-order valence-corrected chi connectivity index (χ3v) is 4.13. The van der Waals surface area contributed by atoms with E-state index in [1.54, 1.807) is 0 Å². The van der Waals surface area contributed by atoms with Gasteiger partial charge in [0.05, 0.1) is 12.5 Å². The molecule has 92 valence electrons. The predicted molar refractivity (Wildman–Crippen MR) is 70.7 cm³/mol. The van der Waals surface area contributed by atoms with Crippen LogP contribution in [0.15, 0.2) is 23.1 Å². The third-order valence-electron chi connectivity index (χ3n) is 3.07. The Hall–Kier alpha value is -1.16. The van der Waals surface area contributed by atoms with E-state index in [9.17, 15) is 4.79 Å². The Morgan fingerprint density at radius 3 is 2.94 bits per heavy atom. The van der Waals surface area contributed by atoms with Gasteiger partial charge in [0, 0.05) is 22.9 Å². The van der Waals surface area contributed by atoms with E-state index in [2.05, 4.69) is 11.4 Å². The number of carbonyl (C=O) groups excluding carboxylic acids is 1. The van der Waals surface area contributed by atoms with Gasteiger partial charge in [0.1, 0.15) is 0 Å². The van der Waals surface area contributed by atoms with Gasteiger partial charge < -0.3 is 10.1 Å². The highest BCUT2D eigenvalue weighted by Gasteiger charge is 2.31. The highest BCUT2D eigenvalue weighted by molar-refractivity contribution is 7.99. The van der Waals surface area contributed by atoms with Crippen molar-refractivity contribution in [3.63, 3.8) is 0 Å². The Kier molecular flexibility index (Phi) is 3.33. The maximum Gasteiger partial charge on any atom is 0.315 e. The standard InChI is InChI=1S/C13H17NO2S/c1-13(2,12(15)16-3)9-4-5-10-11(8-9)17-7-6-14-10/h4-5,8,14H,6-7H2,1-3H3. The van der Waals surface area contributed by atoms with Crippen LogP contribution in [0.5, 0.6) is 0 Å². The second kappa shape index (κ2) is 4.61. The highest BCUT2D eigenvalue weighted by atomic mass is 32.2. The van der Waals surface area contributed by atoms with Gasteiger partial charge in [-0.25, -0.2) is 0 Å². The first-order chi connectivity index (χ1) is 8.05. The average Bonchev–Trinajstić information content (AvgIpc) is 2.37. The molecule has 1 aromatic rings. The largest absolute Gasteiger partial charge is 0.468 e. The molecule has 1 N–H and O–H groups in total. The summed E-state index contributed by atoms with van der Waals surface area (Å²) in [7, 11) is 1.43. The highest BCUT2D eigenvalue weighted by Crippen LogP contribution is 2.35. The summed E-state index contributed by atoms with van der Waals surface area (Å²) in [6.07, 6.45) is 0. The quantitative estimate of drug-likeness (QED) is 0.820. The number of anilines is 1. The Bertz CT molecular complexity index is 443. The number of benzene rings is 1. The molecule has 1 aromatic carbocycles. The fourth-order valence-electron chi connectivity index (χ4n) is 1.90. The number of rotatable bonds is 2. The number of nitrogens with one attached hydrogen (secondary N) is 1. The molecule has 0 radical (unpaired) electrons. The summed E-state index contributed by atoms with van der Waals surface area (Å²) in [5, 5.41) is 3.35. The van der Waals surface area contributed by atoms with E-state index in [1.165, 1.54) is 12.0 Å². The lowest BCUT2D eigenvalue weighted by molar-refractivity contribution is -0.146. The van der Waals surface area contributed by atoms with Gasteiger partial charge in [-0.15, -0.1) is 11.8 Å². The minimum Gasteiger partial charge on any atom is -0.468 e. The van der Waals surface area contributed by atoms with Crippen molar-refractivity contribution in [2.45, 2.75) is 24.2 Å². The third kappa shape index (κ3) is 2.27. The molecule has 4 heteroatoms. The number of carbonyl (C=O) groups is 1. The maximum atomic E-state index is 11.8. The second-order valence-electron chi connectivity index (χ2n) is 4.60. The molecule has 0 spiro atoms. The van der Waals surface area contributed by atoms with E-state index in [4.69, 9.17) is 4.74 Å². The smallest absolute Gasteiger partial charge is 0.315 e. The van der Waals surface area contributed by atoms with Crippen LogP contribution in [0.4, 0.5) is 5.69 Å². The number of thioether (sulfide) groups is 1. The normalized spacial score (nSPS) is 14.8. The van der Waals surface area contributed by atoms with E-state index in [-0.39, 0.29) is 5.97 Å². The number of esters is 1. The molecular formula is C13H17NO2S. The van der Waals surface area contributed by atoms with Crippen molar-refractivity contribution in [2.75, 3.05) is 24.7 Å². The van der Waals surface area contributed by atoms with Gasteiger partial charge in [-0.2, -0.15) is 0 Å². The van der Waals surface area contributed by atoms with Crippen molar-refractivity contribution in [2.24, 2.45) is 0 Å². The summed E-state index contributed by atoms with van der Waals surface area (Å²) >= 11 is 1.82. The molecule has 1 aliphatic heterocycles. The first kappa shape index (κ1) is 12.3. The summed E-state index contributed by atoms with van der Waals surface area (Å²) in [6, 6.07) is 6.12. The van der Waals surface area contributed by atoms with Crippen LogP contribution in [0, 0.1) is 0 Å².